The molecule has 0 radical (unpaired) electrons. The number of benzene rings is 7. The number of aromatic nitrogens is 1. The van der Waals surface area contributed by atoms with Crippen LogP contribution in [0.15, 0.2) is 127 Å². The number of fused-ring (bicyclic) bond motifs is 14. The van der Waals surface area contributed by atoms with Gasteiger partial charge in [0.25, 0.3) is 0 Å². The maximum absolute atomic E-state index is 2.72. The van der Waals surface area contributed by atoms with Gasteiger partial charge >= 0.3 is 6.85 Å². The van der Waals surface area contributed by atoms with E-state index in [0.29, 0.717) is 0 Å². The fraction of sp³-hybridized carbons (Fsp3) is 0.130. The number of anilines is 3. The summed E-state index contributed by atoms with van der Waals surface area (Å²) in [5, 5.41) is 5.26. The average Bonchev–Trinajstić information content (AvgIpc) is 3.56. The number of para-hydroxylation sites is 3. The summed E-state index contributed by atoms with van der Waals surface area (Å²) < 4.78 is 2.72. The van der Waals surface area contributed by atoms with Gasteiger partial charge in [-0.1, -0.05) is 131 Å². The number of hydrogen-bond donors (Lipinski definition) is 0. The zero-order chi connectivity index (χ0) is 32.6. The van der Waals surface area contributed by atoms with Gasteiger partial charge in [0.05, 0.1) is 5.69 Å². The van der Waals surface area contributed by atoms with Crippen LogP contribution >= 0.6 is 0 Å². The molecule has 8 aromatic rings. The Morgan fingerprint density at radius 2 is 1.22 bits per heavy atom. The molecule has 1 aliphatic carbocycles. The molecule has 0 spiro atoms. The lowest BCUT2D eigenvalue weighted by molar-refractivity contribution is 0.632. The number of nitrogens with zero attached hydrogens (tertiary/aromatic N) is 2. The van der Waals surface area contributed by atoms with Crippen LogP contribution in [0.5, 0.6) is 0 Å². The quantitative estimate of drug-likeness (QED) is 0.153. The lowest BCUT2D eigenvalue weighted by atomic mass is 9.43. The van der Waals surface area contributed by atoms with Crippen LogP contribution in [-0.4, -0.2) is 11.3 Å². The first-order valence-electron chi connectivity index (χ1n) is 17.7. The molecular formula is C46H33BN2. The van der Waals surface area contributed by atoms with E-state index in [0.717, 1.165) is 0 Å². The molecule has 1 aromatic heterocycles. The van der Waals surface area contributed by atoms with Gasteiger partial charge in [-0.3, -0.25) is 0 Å². The van der Waals surface area contributed by atoms with Crippen LogP contribution in [-0.2, 0) is 10.8 Å². The van der Waals surface area contributed by atoms with Gasteiger partial charge in [-0.05, 0) is 84.9 Å². The van der Waals surface area contributed by atoms with Gasteiger partial charge in [0, 0.05) is 49.6 Å². The second-order valence-electron chi connectivity index (χ2n) is 15.7. The van der Waals surface area contributed by atoms with E-state index in [1.165, 1.54) is 105 Å². The summed E-state index contributed by atoms with van der Waals surface area (Å²) in [5.41, 5.74) is 20.4. The summed E-state index contributed by atoms with van der Waals surface area (Å²) in [6.45, 7) is 9.75. The topological polar surface area (TPSA) is 8.17 Å². The zero-order valence-corrected chi connectivity index (χ0v) is 28.1. The lowest BCUT2D eigenvalue weighted by Gasteiger charge is -2.48. The molecule has 0 amide bonds. The Labute approximate surface area is 286 Å². The summed E-state index contributed by atoms with van der Waals surface area (Å²) in [6, 6.07) is 48.7. The van der Waals surface area contributed by atoms with Crippen LogP contribution < -0.4 is 15.8 Å². The highest BCUT2D eigenvalue weighted by Gasteiger charge is 2.51. The Morgan fingerprint density at radius 3 is 2.08 bits per heavy atom. The predicted octanol–water partition coefficient (Wildman–Crippen LogP) is 10.3. The molecule has 2 nitrogen and oxygen atoms in total. The molecule has 0 fully saturated rings. The van der Waals surface area contributed by atoms with E-state index in [-0.39, 0.29) is 17.7 Å². The molecule has 12 rings (SSSR count). The molecule has 0 saturated heterocycles. The molecule has 0 unspecified atom stereocenters. The number of hydrogen-bond acceptors (Lipinski definition) is 1. The van der Waals surface area contributed by atoms with Crippen LogP contribution in [0.25, 0.3) is 54.8 Å². The van der Waals surface area contributed by atoms with Crippen LogP contribution in [0.3, 0.4) is 0 Å². The lowest BCUT2D eigenvalue weighted by Crippen LogP contribution is -2.58. The highest BCUT2D eigenvalue weighted by molar-refractivity contribution is 6.90. The first-order chi connectivity index (χ1) is 23.9. The molecule has 0 N–H and O–H groups in total. The molecule has 3 heteroatoms. The van der Waals surface area contributed by atoms with Crippen molar-refractivity contribution in [2.45, 2.75) is 38.5 Å². The van der Waals surface area contributed by atoms with E-state index < -0.39 is 0 Å². The van der Waals surface area contributed by atoms with Crippen molar-refractivity contribution in [1.29, 1.82) is 0 Å². The Bertz CT molecular complexity index is 2850. The Morgan fingerprint density at radius 1 is 0.531 bits per heavy atom. The fourth-order valence-electron chi connectivity index (χ4n) is 10.6. The van der Waals surface area contributed by atoms with Crippen molar-refractivity contribution in [3.63, 3.8) is 0 Å². The van der Waals surface area contributed by atoms with Gasteiger partial charge in [0.1, 0.15) is 0 Å². The highest BCUT2D eigenvalue weighted by Crippen LogP contribution is 2.59. The van der Waals surface area contributed by atoms with Crippen LogP contribution in [0, 0.1) is 0 Å². The third-order valence-corrected chi connectivity index (χ3v) is 12.7. The van der Waals surface area contributed by atoms with Crippen molar-refractivity contribution < 1.29 is 0 Å². The zero-order valence-electron chi connectivity index (χ0n) is 28.1. The smallest absolute Gasteiger partial charge is 0.333 e. The van der Waals surface area contributed by atoms with Gasteiger partial charge in [-0.25, -0.2) is 0 Å². The molecule has 4 heterocycles. The third kappa shape index (κ3) is 2.88. The van der Waals surface area contributed by atoms with Gasteiger partial charge in [0.15, 0.2) is 0 Å². The molecule has 3 aliphatic heterocycles. The summed E-state index contributed by atoms with van der Waals surface area (Å²) in [4.78, 5) is 2.64. The minimum atomic E-state index is -0.143. The fourth-order valence-corrected chi connectivity index (χ4v) is 10.6. The standard InChI is InChI=1S/C46H33BN2/c1-45(2)34-19-9-10-22-37(34)48-39-25-32-28-15-7-8-18-33(28)46(3,4)41(32)40-30-17-11-16-29-31-23-26-13-5-6-14-27(26)24-38(31)49(43(29)30)47(42(39)40)36-21-12-20-35(45)44(36)48/h5-25H,1-4H3. The average molecular weight is 625 g/mol. The second-order valence-corrected chi connectivity index (χ2v) is 15.7. The highest BCUT2D eigenvalue weighted by atomic mass is 15.2. The van der Waals surface area contributed by atoms with E-state index in [4.69, 9.17) is 0 Å². The van der Waals surface area contributed by atoms with E-state index in [1.54, 1.807) is 0 Å². The molecule has 0 atom stereocenters. The van der Waals surface area contributed by atoms with Crippen molar-refractivity contribution in [1.82, 2.24) is 4.48 Å². The van der Waals surface area contributed by atoms with Crippen molar-refractivity contribution in [3.8, 4) is 22.3 Å². The minimum absolute atomic E-state index is 0.0399. The first-order valence-corrected chi connectivity index (χ1v) is 17.7. The van der Waals surface area contributed by atoms with Crippen LogP contribution in [0.1, 0.15) is 49.9 Å². The molecule has 4 aliphatic rings. The van der Waals surface area contributed by atoms with Gasteiger partial charge in [-0.15, -0.1) is 0 Å². The second kappa shape index (κ2) is 8.36. The first kappa shape index (κ1) is 26.4. The Balaban J connectivity index is 1.34. The van der Waals surface area contributed by atoms with Crippen molar-refractivity contribution in [2.75, 3.05) is 4.90 Å². The largest absolute Gasteiger partial charge is 0.375 e. The maximum Gasteiger partial charge on any atom is 0.333 e. The predicted molar refractivity (Wildman–Crippen MR) is 207 cm³/mol. The molecule has 0 bridgehead atoms. The van der Waals surface area contributed by atoms with Crippen LogP contribution in [0.2, 0.25) is 0 Å². The minimum Gasteiger partial charge on any atom is -0.375 e. The van der Waals surface area contributed by atoms with Gasteiger partial charge in [-0.2, -0.15) is 0 Å². The van der Waals surface area contributed by atoms with Gasteiger partial charge < -0.3 is 9.38 Å². The summed E-state index contributed by atoms with van der Waals surface area (Å²) >= 11 is 0. The SMILES string of the molecule is CC1(C)c2ccccc2N2c3cc4c(c5c3B(c3cccc1c32)n1c2cc3ccccc3cc2c2cccc-5c21)C(C)(C)c1ccccc1-4. The summed E-state index contributed by atoms with van der Waals surface area (Å²) in [7, 11) is 0. The van der Waals surface area contributed by atoms with E-state index in [9.17, 15) is 0 Å². The number of rotatable bonds is 0. The normalized spacial score (nSPS) is 16.4. The van der Waals surface area contributed by atoms with Crippen molar-refractivity contribution >= 4 is 67.4 Å². The third-order valence-electron chi connectivity index (χ3n) is 12.7. The molecule has 7 aromatic carbocycles. The summed E-state index contributed by atoms with van der Waals surface area (Å²) in [5.74, 6) is 0. The van der Waals surface area contributed by atoms with E-state index >= 15 is 0 Å². The molecule has 230 valence electrons. The molecular weight excluding hydrogens is 591 g/mol. The molecule has 49 heavy (non-hydrogen) atoms. The maximum atomic E-state index is 2.72. The van der Waals surface area contributed by atoms with Crippen molar-refractivity contribution in [3.05, 3.63) is 150 Å². The Hall–Kier alpha value is -5.54. The monoisotopic (exact) mass is 624 g/mol. The summed E-state index contributed by atoms with van der Waals surface area (Å²) in [6.07, 6.45) is 0. The Kier molecular flexibility index (Phi) is 4.51. The van der Waals surface area contributed by atoms with E-state index in [2.05, 4.69) is 164 Å². The van der Waals surface area contributed by atoms with Gasteiger partial charge in [0.2, 0.25) is 0 Å². The molecule has 0 saturated carbocycles. The van der Waals surface area contributed by atoms with Crippen molar-refractivity contribution in [2.24, 2.45) is 0 Å². The van der Waals surface area contributed by atoms with Crippen LogP contribution in [0.4, 0.5) is 17.1 Å². The van der Waals surface area contributed by atoms with E-state index in [1.807, 2.05) is 0 Å².